The smallest absolute Gasteiger partial charge is 0.355 e. The third-order valence-corrected chi connectivity index (χ3v) is 6.02. The molecule has 1 saturated heterocycles. The van der Waals surface area contributed by atoms with E-state index < -0.39 is 11.7 Å². The molecule has 0 bridgehead atoms. The van der Waals surface area contributed by atoms with Gasteiger partial charge in [-0.15, -0.1) is 11.8 Å². The van der Waals surface area contributed by atoms with E-state index in [1.54, 1.807) is 11.8 Å². The molecule has 5 nitrogen and oxygen atoms in total. The molecule has 0 saturated carbocycles. The summed E-state index contributed by atoms with van der Waals surface area (Å²) in [6, 6.07) is 9.83. The quantitative estimate of drug-likeness (QED) is 0.703. The number of nitrogens with one attached hydrogen (secondary N) is 1. The van der Waals surface area contributed by atoms with Gasteiger partial charge in [0.05, 0.1) is 17.3 Å². The fourth-order valence-electron chi connectivity index (χ4n) is 3.45. The fourth-order valence-corrected chi connectivity index (χ4v) is 4.00. The normalized spacial score (nSPS) is 16.8. The van der Waals surface area contributed by atoms with Crippen LogP contribution in [0.2, 0.25) is 0 Å². The van der Waals surface area contributed by atoms with E-state index in [4.69, 9.17) is 0 Å². The van der Waals surface area contributed by atoms with Crippen LogP contribution in [0.15, 0.2) is 47.5 Å². The summed E-state index contributed by atoms with van der Waals surface area (Å²) in [6.07, 6.45) is -0.759. The largest absolute Gasteiger partial charge is 0.417 e. The molecule has 1 fully saturated rings. The number of hydrogen-bond donors (Lipinski definition) is 1. The summed E-state index contributed by atoms with van der Waals surface area (Å²) in [7, 11) is 0. The molecule has 2 aromatic rings. The standard InChI is InChI=1S/C21H25F3N4OS/c1-15(20(29)26-17-6-3-4-7-18(17)30-2)27-10-5-11-28(13-12-27)19-9-8-16(14-25-19)21(22,23)24/h3-4,6-9,14-15H,5,10-13H2,1-2H3,(H,26,29). The van der Waals surface area contributed by atoms with E-state index in [1.807, 2.05) is 42.3 Å². The maximum atomic E-state index is 12.8. The van der Waals surface area contributed by atoms with Gasteiger partial charge in [0.1, 0.15) is 5.82 Å². The molecule has 1 unspecified atom stereocenters. The van der Waals surface area contributed by atoms with Gasteiger partial charge in [0.25, 0.3) is 0 Å². The van der Waals surface area contributed by atoms with Crippen molar-refractivity contribution in [3.05, 3.63) is 48.2 Å². The molecule has 1 aliphatic rings. The highest BCUT2D eigenvalue weighted by molar-refractivity contribution is 7.98. The summed E-state index contributed by atoms with van der Waals surface area (Å²) in [4.78, 5) is 21.8. The molecule has 0 radical (unpaired) electrons. The van der Waals surface area contributed by atoms with Gasteiger partial charge in [0.15, 0.2) is 0 Å². The van der Waals surface area contributed by atoms with Gasteiger partial charge in [0, 0.05) is 37.3 Å². The first-order valence-electron chi connectivity index (χ1n) is 9.75. The fraction of sp³-hybridized carbons (Fsp3) is 0.429. The van der Waals surface area contributed by atoms with Crippen molar-refractivity contribution in [1.29, 1.82) is 0 Å². The highest BCUT2D eigenvalue weighted by Crippen LogP contribution is 2.29. The number of amides is 1. The van der Waals surface area contributed by atoms with Crippen molar-refractivity contribution in [3.8, 4) is 0 Å². The summed E-state index contributed by atoms with van der Waals surface area (Å²) in [5, 5.41) is 3.01. The van der Waals surface area contributed by atoms with E-state index in [2.05, 4.69) is 15.2 Å². The van der Waals surface area contributed by atoms with Crippen molar-refractivity contribution in [2.24, 2.45) is 0 Å². The molecule has 1 aromatic carbocycles. The summed E-state index contributed by atoms with van der Waals surface area (Å²) >= 11 is 1.58. The SMILES string of the molecule is CSc1ccccc1NC(=O)C(C)N1CCCN(c2ccc(C(F)(F)F)cn2)CC1. The number of halogens is 3. The lowest BCUT2D eigenvalue weighted by Crippen LogP contribution is -2.44. The summed E-state index contributed by atoms with van der Waals surface area (Å²) in [5.41, 5.74) is 0.0470. The Morgan fingerprint density at radius 1 is 1.13 bits per heavy atom. The van der Waals surface area contributed by atoms with Gasteiger partial charge < -0.3 is 10.2 Å². The zero-order valence-corrected chi connectivity index (χ0v) is 17.8. The van der Waals surface area contributed by atoms with E-state index in [0.29, 0.717) is 25.5 Å². The number of benzene rings is 1. The van der Waals surface area contributed by atoms with Crippen LogP contribution in [-0.2, 0) is 11.0 Å². The Bertz CT molecular complexity index is 860. The Kier molecular flexibility index (Phi) is 7.25. The van der Waals surface area contributed by atoms with Crippen LogP contribution < -0.4 is 10.2 Å². The number of carbonyl (C=O) groups is 1. The van der Waals surface area contributed by atoms with Gasteiger partial charge in [-0.05, 0) is 43.9 Å². The zero-order chi connectivity index (χ0) is 21.7. The zero-order valence-electron chi connectivity index (χ0n) is 16.9. The predicted octanol–water partition coefficient (Wildman–Crippen LogP) is 4.36. The van der Waals surface area contributed by atoms with Crippen molar-refractivity contribution < 1.29 is 18.0 Å². The van der Waals surface area contributed by atoms with Gasteiger partial charge in [0.2, 0.25) is 5.91 Å². The second kappa shape index (κ2) is 9.70. The first-order chi connectivity index (χ1) is 14.3. The van der Waals surface area contributed by atoms with Crippen molar-refractivity contribution >= 4 is 29.2 Å². The Hall–Kier alpha value is -2.26. The Morgan fingerprint density at radius 2 is 1.90 bits per heavy atom. The first-order valence-corrected chi connectivity index (χ1v) is 11.0. The minimum atomic E-state index is -4.39. The molecule has 30 heavy (non-hydrogen) atoms. The van der Waals surface area contributed by atoms with E-state index in [9.17, 15) is 18.0 Å². The molecular formula is C21H25F3N4OS. The van der Waals surface area contributed by atoms with Gasteiger partial charge in [-0.2, -0.15) is 13.2 Å². The third-order valence-electron chi connectivity index (χ3n) is 5.22. The van der Waals surface area contributed by atoms with E-state index in [-0.39, 0.29) is 11.9 Å². The maximum absolute atomic E-state index is 12.8. The lowest BCUT2D eigenvalue weighted by atomic mass is 10.2. The van der Waals surface area contributed by atoms with Crippen molar-refractivity contribution in [3.63, 3.8) is 0 Å². The summed E-state index contributed by atoms with van der Waals surface area (Å²) < 4.78 is 38.2. The maximum Gasteiger partial charge on any atom is 0.417 e. The van der Waals surface area contributed by atoms with Crippen LogP contribution in [0.5, 0.6) is 0 Å². The molecule has 0 aliphatic carbocycles. The molecule has 9 heteroatoms. The lowest BCUT2D eigenvalue weighted by molar-refractivity contribution is -0.137. The third kappa shape index (κ3) is 5.46. The van der Waals surface area contributed by atoms with Gasteiger partial charge in [-0.3, -0.25) is 9.69 Å². The number of hydrogen-bond acceptors (Lipinski definition) is 5. The molecule has 162 valence electrons. The second-order valence-electron chi connectivity index (χ2n) is 7.14. The predicted molar refractivity (Wildman–Crippen MR) is 114 cm³/mol. The minimum absolute atomic E-state index is 0.0717. The number of aromatic nitrogens is 1. The second-order valence-corrected chi connectivity index (χ2v) is 7.99. The number of pyridine rings is 1. The molecule has 1 aliphatic heterocycles. The van der Waals surface area contributed by atoms with Gasteiger partial charge in [-0.1, -0.05) is 12.1 Å². The molecule has 2 heterocycles. The molecule has 1 N–H and O–H groups in total. The molecule has 0 spiro atoms. The molecule has 1 atom stereocenters. The number of alkyl halides is 3. The average molecular weight is 439 g/mol. The molecular weight excluding hydrogens is 413 g/mol. The van der Waals surface area contributed by atoms with Crippen LogP contribution in [0.4, 0.5) is 24.7 Å². The Morgan fingerprint density at radius 3 is 2.57 bits per heavy atom. The highest BCUT2D eigenvalue weighted by Gasteiger charge is 2.31. The average Bonchev–Trinajstić information content (AvgIpc) is 2.99. The molecule has 1 aromatic heterocycles. The van der Waals surface area contributed by atoms with Crippen molar-refractivity contribution in [2.75, 3.05) is 42.7 Å². The van der Waals surface area contributed by atoms with E-state index in [1.165, 1.54) is 6.07 Å². The minimum Gasteiger partial charge on any atom is -0.355 e. The highest BCUT2D eigenvalue weighted by atomic mass is 32.2. The summed E-state index contributed by atoms with van der Waals surface area (Å²) in [6.45, 7) is 4.51. The van der Waals surface area contributed by atoms with Crippen LogP contribution >= 0.6 is 11.8 Å². The number of anilines is 2. The number of rotatable bonds is 5. The Labute approximate surface area is 178 Å². The van der Waals surface area contributed by atoms with E-state index in [0.717, 1.165) is 35.8 Å². The van der Waals surface area contributed by atoms with Gasteiger partial charge in [-0.25, -0.2) is 4.98 Å². The monoisotopic (exact) mass is 438 g/mol. The van der Waals surface area contributed by atoms with Crippen LogP contribution in [0.25, 0.3) is 0 Å². The number of nitrogens with zero attached hydrogens (tertiary/aromatic N) is 3. The van der Waals surface area contributed by atoms with E-state index >= 15 is 0 Å². The van der Waals surface area contributed by atoms with Gasteiger partial charge >= 0.3 is 6.18 Å². The number of carbonyl (C=O) groups excluding carboxylic acids is 1. The number of thioether (sulfide) groups is 1. The van der Waals surface area contributed by atoms with Crippen LogP contribution in [0.3, 0.4) is 0 Å². The van der Waals surface area contributed by atoms with Crippen LogP contribution in [-0.4, -0.2) is 54.3 Å². The first kappa shape index (κ1) is 22.4. The van der Waals surface area contributed by atoms with Crippen LogP contribution in [0, 0.1) is 0 Å². The Balaban J connectivity index is 1.61. The van der Waals surface area contributed by atoms with Crippen LogP contribution in [0.1, 0.15) is 18.9 Å². The lowest BCUT2D eigenvalue weighted by Gasteiger charge is -2.27. The molecule has 3 rings (SSSR count). The summed E-state index contributed by atoms with van der Waals surface area (Å²) in [5.74, 6) is 0.452. The molecule has 1 amide bonds. The van der Waals surface area contributed by atoms with Crippen molar-refractivity contribution in [1.82, 2.24) is 9.88 Å². The number of para-hydroxylation sites is 1. The van der Waals surface area contributed by atoms with Crippen molar-refractivity contribution in [2.45, 2.75) is 30.5 Å². The topological polar surface area (TPSA) is 48.5 Å².